The minimum atomic E-state index is -0.493. The van der Waals surface area contributed by atoms with Crippen LogP contribution in [0.15, 0.2) is 64.4 Å². The summed E-state index contributed by atoms with van der Waals surface area (Å²) in [6.07, 6.45) is 1.56. The molecule has 0 N–H and O–H groups in total. The molecule has 142 valence electrons. The molecule has 28 heavy (non-hydrogen) atoms. The summed E-state index contributed by atoms with van der Waals surface area (Å²) >= 11 is 0. The second-order valence-corrected chi connectivity index (χ2v) is 6.68. The number of imidazole rings is 1. The van der Waals surface area contributed by atoms with E-state index < -0.39 is 11.5 Å². The lowest BCUT2D eigenvalue weighted by Crippen LogP contribution is -2.39. The molecule has 0 bridgehead atoms. The molecule has 0 fully saturated rings. The SMILES string of the molecule is CCn1c(=O)c2c(ncn2Cc2cccc(C)c2)n(-c2ccc(F)cc2)c1=O. The van der Waals surface area contributed by atoms with Gasteiger partial charge in [-0.1, -0.05) is 29.8 Å². The van der Waals surface area contributed by atoms with Crippen LogP contribution >= 0.6 is 0 Å². The number of aromatic nitrogens is 4. The molecule has 0 saturated heterocycles. The molecule has 0 spiro atoms. The van der Waals surface area contributed by atoms with E-state index in [1.54, 1.807) is 17.8 Å². The van der Waals surface area contributed by atoms with Crippen LogP contribution in [0.1, 0.15) is 18.1 Å². The zero-order valence-corrected chi connectivity index (χ0v) is 15.6. The van der Waals surface area contributed by atoms with Crippen molar-refractivity contribution in [1.29, 1.82) is 0 Å². The maximum atomic E-state index is 13.3. The van der Waals surface area contributed by atoms with Crippen LogP contribution in [-0.4, -0.2) is 18.7 Å². The van der Waals surface area contributed by atoms with E-state index in [-0.39, 0.29) is 17.8 Å². The summed E-state index contributed by atoms with van der Waals surface area (Å²) in [7, 11) is 0. The molecular formula is C21H19FN4O2. The second-order valence-electron chi connectivity index (χ2n) is 6.68. The lowest BCUT2D eigenvalue weighted by atomic mass is 10.1. The molecule has 6 nitrogen and oxygen atoms in total. The predicted molar refractivity (Wildman–Crippen MR) is 106 cm³/mol. The van der Waals surface area contributed by atoms with Crippen LogP contribution in [0.2, 0.25) is 0 Å². The highest BCUT2D eigenvalue weighted by molar-refractivity contribution is 5.72. The molecule has 2 aromatic carbocycles. The van der Waals surface area contributed by atoms with Gasteiger partial charge in [0.15, 0.2) is 11.2 Å². The Morgan fingerprint density at radius 1 is 1.07 bits per heavy atom. The van der Waals surface area contributed by atoms with Gasteiger partial charge in [-0.3, -0.25) is 9.36 Å². The Hall–Kier alpha value is -3.48. The van der Waals surface area contributed by atoms with Gasteiger partial charge in [-0.15, -0.1) is 0 Å². The molecule has 0 amide bonds. The van der Waals surface area contributed by atoms with Crippen molar-refractivity contribution < 1.29 is 4.39 Å². The van der Waals surface area contributed by atoms with Crippen molar-refractivity contribution in [2.24, 2.45) is 0 Å². The van der Waals surface area contributed by atoms with Crippen LogP contribution in [0.25, 0.3) is 16.9 Å². The first kappa shape index (κ1) is 17.9. The first-order valence-corrected chi connectivity index (χ1v) is 9.01. The Labute approximate surface area is 160 Å². The van der Waals surface area contributed by atoms with Gasteiger partial charge in [0.25, 0.3) is 5.56 Å². The molecule has 4 aromatic rings. The fourth-order valence-electron chi connectivity index (χ4n) is 3.41. The van der Waals surface area contributed by atoms with Gasteiger partial charge in [0.2, 0.25) is 0 Å². The van der Waals surface area contributed by atoms with Crippen LogP contribution in [0.4, 0.5) is 4.39 Å². The minimum absolute atomic E-state index is 0.227. The standard InChI is InChI=1S/C21H19FN4O2/c1-3-25-20(27)18-19(26(21(25)28)17-9-7-16(22)8-10-17)23-13-24(18)12-15-6-4-5-14(2)11-15/h4-11,13H,3,12H2,1-2H3. The highest BCUT2D eigenvalue weighted by atomic mass is 19.1. The average Bonchev–Trinajstić information content (AvgIpc) is 3.07. The van der Waals surface area contributed by atoms with E-state index in [2.05, 4.69) is 4.98 Å². The van der Waals surface area contributed by atoms with E-state index in [1.165, 1.54) is 33.4 Å². The van der Waals surface area contributed by atoms with Crippen LogP contribution in [0.3, 0.4) is 0 Å². The molecule has 2 heterocycles. The smallest absolute Gasteiger partial charge is 0.320 e. The van der Waals surface area contributed by atoms with Gasteiger partial charge in [-0.25, -0.2) is 18.7 Å². The van der Waals surface area contributed by atoms with Crippen molar-refractivity contribution in [3.63, 3.8) is 0 Å². The summed E-state index contributed by atoms with van der Waals surface area (Å²) in [6.45, 7) is 4.43. The maximum Gasteiger partial charge on any atom is 0.337 e. The van der Waals surface area contributed by atoms with Gasteiger partial charge in [-0.05, 0) is 43.7 Å². The molecule has 0 radical (unpaired) electrons. The normalized spacial score (nSPS) is 11.2. The molecule has 2 aromatic heterocycles. The molecule has 0 aliphatic rings. The number of hydrogen-bond donors (Lipinski definition) is 0. The summed E-state index contributed by atoms with van der Waals surface area (Å²) in [5.74, 6) is -0.401. The third kappa shape index (κ3) is 2.94. The largest absolute Gasteiger partial charge is 0.337 e. The summed E-state index contributed by atoms with van der Waals surface area (Å²) in [5.41, 5.74) is 2.33. The predicted octanol–water partition coefficient (Wildman–Crippen LogP) is 2.86. The Balaban J connectivity index is 1.98. The Bertz CT molecular complexity index is 1280. The van der Waals surface area contributed by atoms with Gasteiger partial charge in [-0.2, -0.15) is 0 Å². The highest BCUT2D eigenvalue weighted by Crippen LogP contribution is 2.15. The number of hydrogen-bond acceptors (Lipinski definition) is 3. The molecule has 4 rings (SSSR count). The summed E-state index contributed by atoms with van der Waals surface area (Å²) in [6, 6.07) is 13.5. The molecule has 0 aliphatic carbocycles. The summed E-state index contributed by atoms with van der Waals surface area (Å²) in [5, 5.41) is 0. The van der Waals surface area contributed by atoms with E-state index in [1.807, 2.05) is 31.2 Å². The average molecular weight is 378 g/mol. The number of fused-ring (bicyclic) bond motifs is 1. The quantitative estimate of drug-likeness (QED) is 0.549. The van der Waals surface area contributed by atoms with E-state index in [0.717, 1.165) is 11.1 Å². The topological polar surface area (TPSA) is 61.8 Å². The maximum absolute atomic E-state index is 13.3. The van der Waals surface area contributed by atoms with E-state index in [9.17, 15) is 14.0 Å². The van der Waals surface area contributed by atoms with Gasteiger partial charge in [0.05, 0.1) is 12.0 Å². The number of rotatable bonds is 4. The van der Waals surface area contributed by atoms with Gasteiger partial charge in [0.1, 0.15) is 5.82 Å². The molecule has 7 heteroatoms. The first-order chi connectivity index (χ1) is 13.5. The zero-order chi connectivity index (χ0) is 19.8. The van der Waals surface area contributed by atoms with Crippen LogP contribution in [0.5, 0.6) is 0 Å². The highest BCUT2D eigenvalue weighted by Gasteiger charge is 2.18. The third-order valence-corrected chi connectivity index (χ3v) is 4.74. The van der Waals surface area contributed by atoms with Gasteiger partial charge < -0.3 is 4.57 Å². The Morgan fingerprint density at radius 3 is 2.50 bits per heavy atom. The number of benzene rings is 2. The monoisotopic (exact) mass is 378 g/mol. The Kier molecular flexibility index (Phi) is 4.43. The van der Waals surface area contributed by atoms with Crippen molar-refractivity contribution in [3.8, 4) is 5.69 Å². The third-order valence-electron chi connectivity index (χ3n) is 4.74. The van der Waals surface area contributed by atoms with E-state index >= 15 is 0 Å². The molecule has 0 unspecified atom stereocenters. The number of halogens is 1. The van der Waals surface area contributed by atoms with Crippen molar-refractivity contribution in [3.05, 3.63) is 92.6 Å². The van der Waals surface area contributed by atoms with Crippen LogP contribution in [0, 0.1) is 12.7 Å². The molecule has 0 aliphatic heterocycles. The zero-order valence-electron chi connectivity index (χ0n) is 15.6. The van der Waals surface area contributed by atoms with Gasteiger partial charge in [0, 0.05) is 13.1 Å². The van der Waals surface area contributed by atoms with Crippen molar-refractivity contribution in [2.75, 3.05) is 0 Å². The fraction of sp³-hybridized carbons (Fsp3) is 0.190. The lowest BCUT2D eigenvalue weighted by molar-refractivity contribution is 0.626. The second kappa shape index (κ2) is 6.92. The van der Waals surface area contributed by atoms with Crippen LogP contribution in [-0.2, 0) is 13.1 Å². The molecular weight excluding hydrogens is 359 g/mol. The van der Waals surface area contributed by atoms with Crippen LogP contribution < -0.4 is 11.2 Å². The first-order valence-electron chi connectivity index (χ1n) is 9.01. The van der Waals surface area contributed by atoms with E-state index in [4.69, 9.17) is 0 Å². The molecule has 0 atom stereocenters. The summed E-state index contributed by atoms with van der Waals surface area (Å²) < 4.78 is 17.6. The minimum Gasteiger partial charge on any atom is -0.320 e. The number of nitrogens with zero attached hydrogens (tertiary/aromatic N) is 4. The summed E-state index contributed by atoms with van der Waals surface area (Å²) in [4.78, 5) is 30.3. The van der Waals surface area contributed by atoms with E-state index in [0.29, 0.717) is 17.7 Å². The number of aryl methyl sites for hydroxylation is 1. The Morgan fingerprint density at radius 2 is 1.82 bits per heavy atom. The van der Waals surface area contributed by atoms with Crippen molar-refractivity contribution in [2.45, 2.75) is 26.9 Å². The molecule has 0 saturated carbocycles. The van der Waals surface area contributed by atoms with Gasteiger partial charge >= 0.3 is 5.69 Å². The fourth-order valence-corrected chi connectivity index (χ4v) is 3.41. The van der Waals surface area contributed by atoms with Crippen molar-refractivity contribution >= 4 is 11.2 Å². The van der Waals surface area contributed by atoms with Crippen molar-refractivity contribution in [1.82, 2.24) is 18.7 Å². The lowest BCUT2D eigenvalue weighted by Gasteiger charge is -2.12.